The van der Waals surface area contributed by atoms with E-state index in [2.05, 4.69) is 53.7 Å². The van der Waals surface area contributed by atoms with E-state index in [9.17, 15) is 0 Å². The average molecular weight is 352 g/mol. The van der Waals surface area contributed by atoms with Crippen LogP contribution in [0.3, 0.4) is 0 Å². The molecule has 25 heavy (non-hydrogen) atoms. The molecule has 3 aromatic rings. The molecule has 0 fully saturated rings. The third-order valence-electron chi connectivity index (χ3n) is 4.77. The molecule has 0 N–H and O–H groups in total. The van der Waals surface area contributed by atoms with Crippen LogP contribution in [-0.4, -0.2) is 10.2 Å². The van der Waals surface area contributed by atoms with Gasteiger partial charge in [0, 0.05) is 27.4 Å². The molecule has 2 aromatic carbocycles. The van der Waals surface area contributed by atoms with Crippen molar-refractivity contribution in [2.75, 3.05) is 4.90 Å². The van der Waals surface area contributed by atoms with Gasteiger partial charge in [0.15, 0.2) is 0 Å². The van der Waals surface area contributed by atoms with E-state index in [0.29, 0.717) is 23.3 Å². The molecule has 4 nitrogen and oxygen atoms in total. The van der Waals surface area contributed by atoms with E-state index in [1.807, 2.05) is 30.3 Å². The first kappa shape index (κ1) is 15.9. The Morgan fingerprint density at radius 2 is 1.80 bits per heavy atom. The minimum Gasteiger partial charge on any atom is -0.419 e. The molecule has 1 aromatic heterocycles. The van der Waals surface area contributed by atoms with Gasteiger partial charge in [-0.15, -0.1) is 10.2 Å². The van der Waals surface area contributed by atoms with Gasteiger partial charge in [0.25, 0.3) is 0 Å². The molecule has 5 heteroatoms. The van der Waals surface area contributed by atoms with Crippen molar-refractivity contribution in [2.45, 2.75) is 25.8 Å². The fraction of sp³-hybridized carbons (Fsp3) is 0.200. The van der Waals surface area contributed by atoms with Crippen molar-refractivity contribution in [1.82, 2.24) is 10.2 Å². The molecule has 0 atom stereocenters. The van der Waals surface area contributed by atoms with Crippen LogP contribution in [0.1, 0.15) is 25.3 Å². The lowest BCUT2D eigenvalue weighted by Crippen LogP contribution is -2.24. The fourth-order valence-corrected chi connectivity index (χ4v) is 3.34. The molecule has 1 aliphatic heterocycles. The van der Waals surface area contributed by atoms with Gasteiger partial charge >= 0.3 is 0 Å². The van der Waals surface area contributed by atoms with Crippen LogP contribution < -0.4 is 4.90 Å². The number of anilines is 1. The van der Waals surface area contributed by atoms with Crippen molar-refractivity contribution in [1.29, 1.82) is 0 Å². The molecular formula is C20H18ClN3O. The van der Waals surface area contributed by atoms with E-state index in [1.54, 1.807) is 0 Å². The molecule has 0 saturated heterocycles. The van der Waals surface area contributed by atoms with Crippen molar-refractivity contribution in [3.05, 3.63) is 77.3 Å². The zero-order valence-corrected chi connectivity index (χ0v) is 14.9. The van der Waals surface area contributed by atoms with Crippen LogP contribution in [0.5, 0.6) is 0 Å². The second-order valence-corrected chi connectivity index (χ2v) is 7.12. The second-order valence-electron chi connectivity index (χ2n) is 6.68. The molecular weight excluding hydrogens is 334 g/mol. The highest BCUT2D eigenvalue weighted by atomic mass is 35.5. The van der Waals surface area contributed by atoms with Gasteiger partial charge in [-0.1, -0.05) is 50.2 Å². The smallest absolute Gasteiger partial charge is 0.247 e. The highest BCUT2D eigenvalue weighted by Crippen LogP contribution is 2.47. The van der Waals surface area contributed by atoms with Gasteiger partial charge in [-0.2, -0.15) is 0 Å². The number of nitrogens with zero attached hydrogens (tertiary/aromatic N) is 3. The predicted molar refractivity (Wildman–Crippen MR) is 99.5 cm³/mol. The number of hydrogen-bond donors (Lipinski definition) is 0. The van der Waals surface area contributed by atoms with Crippen LogP contribution in [0.4, 0.5) is 5.69 Å². The minimum absolute atomic E-state index is 0.115. The molecule has 0 unspecified atom stereocenters. The maximum Gasteiger partial charge on any atom is 0.247 e. The van der Waals surface area contributed by atoms with E-state index in [-0.39, 0.29) is 5.41 Å². The van der Waals surface area contributed by atoms with Crippen LogP contribution >= 0.6 is 11.6 Å². The van der Waals surface area contributed by atoms with Crippen LogP contribution in [0, 0.1) is 0 Å². The third kappa shape index (κ3) is 2.63. The topological polar surface area (TPSA) is 42.2 Å². The summed E-state index contributed by atoms with van der Waals surface area (Å²) in [4.78, 5) is 2.15. The number of aromatic nitrogens is 2. The Morgan fingerprint density at radius 3 is 2.56 bits per heavy atom. The number of hydrogen-bond acceptors (Lipinski definition) is 4. The summed E-state index contributed by atoms with van der Waals surface area (Å²) in [6, 6.07) is 15.7. The molecule has 0 saturated carbocycles. The molecule has 2 heterocycles. The number of benzene rings is 2. The molecule has 0 amide bonds. The monoisotopic (exact) mass is 351 g/mol. The maximum atomic E-state index is 5.93. The van der Waals surface area contributed by atoms with E-state index >= 15 is 0 Å². The lowest BCUT2D eigenvalue weighted by Gasteiger charge is -2.24. The summed E-state index contributed by atoms with van der Waals surface area (Å²) < 4.78 is 5.85. The minimum atomic E-state index is -0.115. The zero-order valence-electron chi connectivity index (χ0n) is 14.2. The summed E-state index contributed by atoms with van der Waals surface area (Å²) in [6.45, 7) is 9.16. The lowest BCUT2D eigenvalue weighted by atomic mass is 9.85. The first-order valence-electron chi connectivity index (χ1n) is 8.11. The summed E-state index contributed by atoms with van der Waals surface area (Å²) in [5.74, 6) is 1.04. The Labute approximate surface area is 151 Å². The molecule has 4 rings (SSSR count). The van der Waals surface area contributed by atoms with Gasteiger partial charge < -0.3 is 9.32 Å². The van der Waals surface area contributed by atoms with Crippen molar-refractivity contribution in [3.8, 4) is 11.5 Å². The largest absolute Gasteiger partial charge is 0.419 e. The number of para-hydroxylation sites is 1. The Bertz CT molecular complexity index is 944. The Hall–Kier alpha value is -2.59. The summed E-state index contributed by atoms with van der Waals surface area (Å²) in [5, 5.41) is 9.04. The summed E-state index contributed by atoms with van der Waals surface area (Å²) in [5.41, 5.74) is 4.17. The highest BCUT2D eigenvalue weighted by molar-refractivity contribution is 6.30. The van der Waals surface area contributed by atoms with Crippen LogP contribution in [-0.2, 0) is 12.0 Å². The van der Waals surface area contributed by atoms with Gasteiger partial charge in [-0.05, 0) is 35.9 Å². The normalized spacial score (nSPS) is 15.5. The number of halogens is 1. The second kappa shape index (κ2) is 5.74. The van der Waals surface area contributed by atoms with Crippen LogP contribution in [0.15, 0.2) is 65.2 Å². The van der Waals surface area contributed by atoms with Crippen LogP contribution in [0.2, 0.25) is 5.02 Å². The fourth-order valence-electron chi connectivity index (χ4n) is 3.22. The SMILES string of the molecule is C=C1N(Cc2nnc(-c3ccc(Cl)cc3)o2)c2ccccc2C1(C)C. The lowest BCUT2D eigenvalue weighted by molar-refractivity contribution is 0.500. The Morgan fingerprint density at radius 1 is 1.08 bits per heavy atom. The molecule has 0 bridgehead atoms. The summed E-state index contributed by atoms with van der Waals surface area (Å²) in [7, 11) is 0. The third-order valence-corrected chi connectivity index (χ3v) is 5.02. The van der Waals surface area contributed by atoms with Gasteiger partial charge in [0.1, 0.15) is 6.54 Å². The molecule has 0 aliphatic carbocycles. The van der Waals surface area contributed by atoms with Gasteiger partial charge in [-0.25, -0.2) is 0 Å². The van der Waals surface area contributed by atoms with Crippen molar-refractivity contribution < 1.29 is 4.42 Å². The average Bonchev–Trinajstić information content (AvgIpc) is 3.14. The summed E-state index contributed by atoms with van der Waals surface area (Å²) in [6.07, 6.45) is 0. The van der Waals surface area contributed by atoms with E-state index in [4.69, 9.17) is 16.0 Å². The highest BCUT2D eigenvalue weighted by Gasteiger charge is 2.39. The first-order chi connectivity index (χ1) is 12.0. The van der Waals surface area contributed by atoms with Gasteiger partial charge in [-0.3, -0.25) is 0 Å². The number of rotatable bonds is 3. The first-order valence-corrected chi connectivity index (χ1v) is 8.49. The maximum absolute atomic E-state index is 5.93. The van der Waals surface area contributed by atoms with Crippen LogP contribution in [0.25, 0.3) is 11.5 Å². The van der Waals surface area contributed by atoms with Gasteiger partial charge in [0.05, 0.1) is 0 Å². The van der Waals surface area contributed by atoms with Gasteiger partial charge in [0.2, 0.25) is 11.8 Å². The standard InChI is InChI=1S/C20H18ClN3O/c1-13-20(2,3)16-6-4-5-7-17(16)24(13)12-18-22-23-19(25-18)14-8-10-15(21)11-9-14/h4-11H,1,12H2,2-3H3. The molecule has 0 radical (unpaired) electrons. The Kier molecular flexibility index (Phi) is 3.65. The molecule has 1 aliphatic rings. The van der Waals surface area contributed by atoms with Crippen molar-refractivity contribution in [2.24, 2.45) is 0 Å². The number of allylic oxidation sites excluding steroid dienone is 1. The van der Waals surface area contributed by atoms with E-state index < -0.39 is 0 Å². The van der Waals surface area contributed by atoms with E-state index in [1.165, 1.54) is 5.56 Å². The predicted octanol–water partition coefficient (Wildman–Crippen LogP) is 5.20. The Balaban J connectivity index is 1.63. The van der Waals surface area contributed by atoms with Crippen molar-refractivity contribution in [3.63, 3.8) is 0 Å². The molecule has 0 spiro atoms. The van der Waals surface area contributed by atoms with Crippen molar-refractivity contribution >= 4 is 17.3 Å². The zero-order chi connectivity index (χ0) is 17.6. The summed E-state index contributed by atoms with van der Waals surface area (Å²) >= 11 is 5.93. The number of fused-ring (bicyclic) bond motifs is 1. The molecule has 126 valence electrons. The quantitative estimate of drug-likeness (QED) is 0.650. The van der Waals surface area contributed by atoms with E-state index in [0.717, 1.165) is 16.9 Å².